The minimum Gasteiger partial charge on any atom is -0.328 e. The predicted molar refractivity (Wildman–Crippen MR) is 35.9 cm³/mol. The van der Waals surface area contributed by atoms with Gasteiger partial charge in [-0.25, -0.2) is 0 Å². The largest absolute Gasteiger partial charge is 0.328 e. The fourth-order valence-electron chi connectivity index (χ4n) is 1.34. The smallest absolute Gasteiger partial charge is 0.0922 e. The van der Waals surface area contributed by atoms with Gasteiger partial charge in [-0.3, -0.25) is 4.39 Å². The van der Waals surface area contributed by atoms with E-state index in [4.69, 9.17) is 5.73 Å². The van der Waals surface area contributed by atoms with Crippen molar-refractivity contribution in [2.45, 2.75) is 31.7 Å². The molecule has 0 bridgehead atoms. The summed E-state index contributed by atoms with van der Waals surface area (Å²) in [6, 6.07) is 0.354. The molecule has 0 atom stereocenters. The molecule has 0 aromatic heterocycles. The van der Waals surface area contributed by atoms with Crippen molar-refractivity contribution in [1.82, 2.24) is 0 Å². The van der Waals surface area contributed by atoms with Gasteiger partial charge in [0, 0.05) is 6.04 Å². The summed E-state index contributed by atoms with van der Waals surface area (Å²) in [5.41, 5.74) is 5.63. The molecule has 2 N–H and O–H groups in total. The molecule has 0 radical (unpaired) electrons. The van der Waals surface area contributed by atoms with Crippen LogP contribution in [0.1, 0.15) is 25.7 Å². The van der Waals surface area contributed by atoms with Crippen LogP contribution in [0.25, 0.3) is 0 Å². The molecule has 1 rings (SSSR count). The first-order valence-corrected chi connectivity index (χ1v) is 3.64. The summed E-state index contributed by atoms with van der Waals surface area (Å²) in [4.78, 5) is 0. The van der Waals surface area contributed by atoms with E-state index < -0.39 is 0 Å². The quantitative estimate of drug-likeness (QED) is 0.573. The number of halogens is 1. The summed E-state index contributed by atoms with van der Waals surface area (Å²) in [5, 5.41) is 0. The third kappa shape index (κ3) is 1.94. The van der Waals surface area contributed by atoms with Gasteiger partial charge in [0.05, 0.1) is 6.67 Å². The number of alkyl halides is 1. The Morgan fingerprint density at radius 2 is 1.78 bits per heavy atom. The highest BCUT2D eigenvalue weighted by molar-refractivity contribution is 4.73. The molecule has 0 unspecified atom stereocenters. The van der Waals surface area contributed by atoms with Gasteiger partial charge >= 0.3 is 0 Å². The Bertz CT molecular complexity index is 77.0. The maximum absolute atomic E-state index is 12.0. The SMILES string of the molecule is NC1CCC(CF)CC1. The van der Waals surface area contributed by atoms with Crippen LogP contribution in [0.15, 0.2) is 0 Å². The Kier molecular flexibility index (Phi) is 2.46. The maximum atomic E-state index is 12.0. The summed E-state index contributed by atoms with van der Waals surface area (Å²) < 4.78 is 12.0. The van der Waals surface area contributed by atoms with Crippen molar-refractivity contribution in [3.63, 3.8) is 0 Å². The van der Waals surface area contributed by atoms with Gasteiger partial charge in [-0.2, -0.15) is 0 Å². The van der Waals surface area contributed by atoms with Gasteiger partial charge in [-0.15, -0.1) is 0 Å². The average molecular weight is 131 g/mol. The van der Waals surface area contributed by atoms with E-state index in [2.05, 4.69) is 0 Å². The van der Waals surface area contributed by atoms with Gasteiger partial charge in [-0.1, -0.05) is 0 Å². The number of hydrogen-bond donors (Lipinski definition) is 1. The second kappa shape index (κ2) is 3.16. The first kappa shape index (κ1) is 7.00. The molecule has 1 saturated carbocycles. The van der Waals surface area contributed by atoms with E-state index in [1.807, 2.05) is 0 Å². The number of rotatable bonds is 1. The van der Waals surface area contributed by atoms with Gasteiger partial charge in [0.2, 0.25) is 0 Å². The zero-order valence-corrected chi connectivity index (χ0v) is 5.65. The third-order valence-corrected chi connectivity index (χ3v) is 2.11. The fraction of sp³-hybridized carbons (Fsp3) is 1.00. The lowest BCUT2D eigenvalue weighted by molar-refractivity contribution is 0.264. The minimum absolute atomic E-state index is 0.146. The topological polar surface area (TPSA) is 26.0 Å². The van der Waals surface area contributed by atoms with E-state index >= 15 is 0 Å². The zero-order valence-electron chi connectivity index (χ0n) is 5.65. The standard InChI is InChI=1S/C7H14FN/c8-5-6-1-3-7(9)4-2-6/h6-7H,1-5,9H2. The first-order chi connectivity index (χ1) is 4.33. The van der Waals surface area contributed by atoms with E-state index in [9.17, 15) is 4.39 Å². The highest BCUT2D eigenvalue weighted by atomic mass is 19.1. The Labute approximate surface area is 55.4 Å². The lowest BCUT2D eigenvalue weighted by Gasteiger charge is -2.23. The fourth-order valence-corrected chi connectivity index (χ4v) is 1.34. The molecule has 0 heterocycles. The summed E-state index contributed by atoms with van der Waals surface area (Å²) in [7, 11) is 0. The maximum Gasteiger partial charge on any atom is 0.0922 e. The Morgan fingerprint density at radius 1 is 1.22 bits per heavy atom. The van der Waals surface area contributed by atoms with Crippen molar-refractivity contribution >= 4 is 0 Å². The molecule has 1 aliphatic rings. The van der Waals surface area contributed by atoms with Gasteiger partial charge < -0.3 is 5.73 Å². The molecule has 54 valence electrons. The lowest BCUT2D eigenvalue weighted by Crippen LogP contribution is -2.27. The van der Waals surface area contributed by atoms with Crippen LogP contribution in [0.3, 0.4) is 0 Å². The normalized spacial score (nSPS) is 36.7. The van der Waals surface area contributed by atoms with Crippen molar-refractivity contribution in [2.75, 3.05) is 6.67 Å². The monoisotopic (exact) mass is 131 g/mol. The molecule has 0 saturated heterocycles. The highest BCUT2D eigenvalue weighted by Gasteiger charge is 2.17. The van der Waals surface area contributed by atoms with Crippen LogP contribution >= 0.6 is 0 Å². The van der Waals surface area contributed by atoms with Crippen LogP contribution in [-0.4, -0.2) is 12.7 Å². The molecular formula is C7H14FN. The Balaban J connectivity index is 2.18. The summed E-state index contributed by atoms with van der Waals surface area (Å²) in [6.07, 6.45) is 4.04. The molecule has 1 aliphatic carbocycles. The lowest BCUT2D eigenvalue weighted by atomic mass is 9.87. The van der Waals surface area contributed by atoms with E-state index in [0.29, 0.717) is 12.0 Å². The van der Waals surface area contributed by atoms with Gasteiger partial charge in [0.25, 0.3) is 0 Å². The van der Waals surface area contributed by atoms with Crippen LogP contribution in [0.5, 0.6) is 0 Å². The molecule has 0 aromatic carbocycles. The average Bonchev–Trinajstić information content (AvgIpc) is 1.90. The van der Waals surface area contributed by atoms with Crippen molar-refractivity contribution < 1.29 is 4.39 Å². The second-order valence-electron chi connectivity index (χ2n) is 2.94. The number of hydrogen-bond acceptors (Lipinski definition) is 1. The van der Waals surface area contributed by atoms with E-state index in [-0.39, 0.29) is 6.67 Å². The van der Waals surface area contributed by atoms with Crippen LogP contribution in [0.2, 0.25) is 0 Å². The van der Waals surface area contributed by atoms with Crippen LogP contribution in [0.4, 0.5) is 4.39 Å². The number of nitrogens with two attached hydrogens (primary N) is 1. The minimum atomic E-state index is -0.146. The second-order valence-corrected chi connectivity index (χ2v) is 2.94. The van der Waals surface area contributed by atoms with Crippen LogP contribution < -0.4 is 5.73 Å². The molecule has 1 nitrogen and oxygen atoms in total. The van der Waals surface area contributed by atoms with Gasteiger partial charge in [0.1, 0.15) is 0 Å². The summed E-state index contributed by atoms with van der Waals surface area (Å²) >= 11 is 0. The molecule has 0 amide bonds. The van der Waals surface area contributed by atoms with Crippen LogP contribution in [-0.2, 0) is 0 Å². The van der Waals surface area contributed by atoms with Crippen molar-refractivity contribution in [3.05, 3.63) is 0 Å². The molecule has 9 heavy (non-hydrogen) atoms. The Hall–Kier alpha value is -0.110. The summed E-state index contributed by atoms with van der Waals surface area (Å²) in [5.74, 6) is 0.324. The molecule has 0 aliphatic heterocycles. The van der Waals surface area contributed by atoms with Crippen molar-refractivity contribution in [1.29, 1.82) is 0 Å². The van der Waals surface area contributed by atoms with Gasteiger partial charge in [0.15, 0.2) is 0 Å². The molecular weight excluding hydrogens is 117 g/mol. The first-order valence-electron chi connectivity index (χ1n) is 3.64. The Morgan fingerprint density at radius 3 is 2.22 bits per heavy atom. The molecule has 0 spiro atoms. The molecule has 1 fully saturated rings. The van der Waals surface area contributed by atoms with Gasteiger partial charge in [-0.05, 0) is 31.6 Å². The highest BCUT2D eigenvalue weighted by Crippen LogP contribution is 2.22. The van der Waals surface area contributed by atoms with E-state index in [0.717, 1.165) is 25.7 Å². The predicted octanol–water partition coefficient (Wildman–Crippen LogP) is 1.47. The van der Waals surface area contributed by atoms with Crippen molar-refractivity contribution in [3.8, 4) is 0 Å². The third-order valence-electron chi connectivity index (χ3n) is 2.11. The molecule has 2 heteroatoms. The van der Waals surface area contributed by atoms with E-state index in [1.54, 1.807) is 0 Å². The van der Waals surface area contributed by atoms with Crippen LogP contribution in [0, 0.1) is 5.92 Å². The zero-order chi connectivity index (χ0) is 6.69. The van der Waals surface area contributed by atoms with Crippen molar-refractivity contribution in [2.24, 2.45) is 11.7 Å². The van der Waals surface area contributed by atoms with E-state index in [1.165, 1.54) is 0 Å². The molecule has 0 aromatic rings. The summed E-state index contributed by atoms with van der Waals surface area (Å²) in [6.45, 7) is -0.146.